The van der Waals surface area contributed by atoms with Crippen LogP contribution in [0.4, 0.5) is 5.69 Å². The van der Waals surface area contributed by atoms with Crippen molar-refractivity contribution in [3.8, 4) is 11.5 Å². The van der Waals surface area contributed by atoms with Crippen molar-refractivity contribution < 1.29 is 9.47 Å². The lowest BCUT2D eigenvalue weighted by Crippen LogP contribution is -2.34. The van der Waals surface area contributed by atoms with Crippen molar-refractivity contribution in [3.63, 3.8) is 0 Å². The SMILES string of the molecule is COc1ccc2c(c1)CCC[C@@H]2NC(=S)Nc1ccc(OC)c2ncccc12. The minimum Gasteiger partial charge on any atom is -0.497 e. The van der Waals surface area contributed by atoms with Crippen LogP contribution in [-0.4, -0.2) is 24.3 Å². The lowest BCUT2D eigenvalue weighted by atomic mass is 9.87. The molecule has 28 heavy (non-hydrogen) atoms. The van der Waals surface area contributed by atoms with Gasteiger partial charge in [-0.05, 0) is 79.0 Å². The molecule has 0 radical (unpaired) electrons. The summed E-state index contributed by atoms with van der Waals surface area (Å²) in [5.41, 5.74) is 4.34. The van der Waals surface area contributed by atoms with E-state index < -0.39 is 0 Å². The first-order valence-electron chi connectivity index (χ1n) is 9.35. The van der Waals surface area contributed by atoms with Gasteiger partial charge in [0.15, 0.2) is 5.11 Å². The number of ether oxygens (including phenoxy) is 2. The molecule has 0 aliphatic heterocycles. The number of nitrogens with one attached hydrogen (secondary N) is 2. The number of anilines is 1. The smallest absolute Gasteiger partial charge is 0.171 e. The number of thiocarbonyl (C=S) groups is 1. The van der Waals surface area contributed by atoms with Gasteiger partial charge in [-0.1, -0.05) is 6.07 Å². The van der Waals surface area contributed by atoms with Crippen LogP contribution in [0.3, 0.4) is 0 Å². The molecule has 1 heterocycles. The molecule has 1 aromatic heterocycles. The maximum absolute atomic E-state index is 5.62. The lowest BCUT2D eigenvalue weighted by molar-refractivity contribution is 0.412. The van der Waals surface area contributed by atoms with Gasteiger partial charge in [0, 0.05) is 17.3 Å². The highest BCUT2D eigenvalue weighted by Crippen LogP contribution is 2.33. The first-order valence-corrected chi connectivity index (χ1v) is 9.76. The number of rotatable bonds is 4. The fraction of sp³-hybridized carbons (Fsp3) is 0.273. The second-order valence-electron chi connectivity index (χ2n) is 6.82. The summed E-state index contributed by atoms with van der Waals surface area (Å²) in [6.45, 7) is 0. The van der Waals surface area contributed by atoms with Gasteiger partial charge in [-0.25, -0.2) is 0 Å². The van der Waals surface area contributed by atoms with Crippen molar-refractivity contribution in [2.75, 3.05) is 19.5 Å². The Morgan fingerprint density at radius 1 is 1.14 bits per heavy atom. The van der Waals surface area contributed by atoms with Crippen molar-refractivity contribution in [1.82, 2.24) is 10.3 Å². The minimum absolute atomic E-state index is 0.192. The van der Waals surface area contributed by atoms with Crippen molar-refractivity contribution >= 4 is 33.9 Å². The van der Waals surface area contributed by atoms with Crippen LogP contribution in [0.5, 0.6) is 11.5 Å². The summed E-state index contributed by atoms with van der Waals surface area (Å²) in [4.78, 5) is 4.44. The molecule has 5 nitrogen and oxygen atoms in total. The standard InChI is InChI=1S/C22H23N3O2S/c1-26-15-8-9-16-14(13-15)5-3-7-18(16)24-22(28)25-19-10-11-20(27-2)21-17(19)6-4-12-23-21/h4,6,8-13,18H,3,5,7H2,1-2H3,(H2,24,25,28)/t18-/m0/s1. The molecular formula is C22H23N3O2S. The molecule has 2 N–H and O–H groups in total. The molecule has 3 aromatic rings. The van der Waals surface area contributed by atoms with E-state index >= 15 is 0 Å². The molecule has 4 rings (SSSR count). The molecule has 1 atom stereocenters. The number of methoxy groups -OCH3 is 2. The topological polar surface area (TPSA) is 55.4 Å². The molecule has 2 aromatic carbocycles. The maximum Gasteiger partial charge on any atom is 0.171 e. The molecule has 1 aliphatic rings. The summed E-state index contributed by atoms with van der Waals surface area (Å²) in [5, 5.41) is 8.39. The summed E-state index contributed by atoms with van der Waals surface area (Å²) in [5.74, 6) is 1.65. The van der Waals surface area contributed by atoms with Crippen LogP contribution in [0.25, 0.3) is 10.9 Å². The van der Waals surface area contributed by atoms with E-state index in [1.54, 1.807) is 20.4 Å². The second-order valence-corrected chi connectivity index (χ2v) is 7.23. The maximum atomic E-state index is 5.62. The largest absolute Gasteiger partial charge is 0.497 e. The highest BCUT2D eigenvalue weighted by atomic mass is 32.1. The van der Waals surface area contributed by atoms with Crippen LogP contribution in [0.1, 0.15) is 30.0 Å². The summed E-state index contributed by atoms with van der Waals surface area (Å²) < 4.78 is 10.8. The molecule has 0 unspecified atom stereocenters. The monoisotopic (exact) mass is 393 g/mol. The van der Waals surface area contributed by atoms with Gasteiger partial charge in [0.2, 0.25) is 0 Å². The summed E-state index contributed by atoms with van der Waals surface area (Å²) in [6, 6.07) is 14.3. The zero-order valence-corrected chi connectivity index (χ0v) is 16.8. The van der Waals surface area contributed by atoms with Crippen molar-refractivity contribution in [1.29, 1.82) is 0 Å². The molecule has 0 amide bonds. The quantitative estimate of drug-likeness (QED) is 0.631. The Balaban J connectivity index is 1.54. The third kappa shape index (κ3) is 3.60. The van der Waals surface area contributed by atoms with Gasteiger partial charge in [0.05, 0.1) is 20.3 Å². The highest BCUT2D eigenvalue weighted by molar-refractivity contribution is 7.80. The van der Waals surface area contributed by atoms with E-state index in [1.807, 2.05) is 30.3 Å². The van der Waals surface area contributed by atoms with Gasteiger partial charge in [-0.15, -0.1) is 0 Å². The fourth-order valence-corrected chi connectivity index (χ4v) is 4.06. The van der Waals surface area contributed by atoms with Crippen molar-refractivity contribution in [2.45, 2.75) is 25.3 Å². The number of hydrogen-bond acceptors (Lipinski definition) is 4. The number of hydrogen-bond donors (Lipinski definition) is 2. The highest BCUT2D eigenvalue weighted by Gasteiger charge is 2.21. The first-order chi connectivity index (χ1) is 13.7. The zero-order valence-electron chi connectivity index (χ0n) is 16.0. The molecule has 0 spiro atoms. The number of aromatic nitrogens is 1. The van der Waals surface area contributed by atoms with Crippen LogP contribution >= 0.6 is 12.2 Å². The van der Waals surface area contributed by atoms with Crippen molar-refractivity contribution in [2.24, 2.45) is 0 Å². The van der Waals surface area contributed by atoms with Gasteiger partial charge in [-0.3, -0.25) is 4.98 Å². The predicted molar refractivity (Wildman–Crippen MR) is 116 cm³/mol. The van der Waals surface area contributed by atoms with Gasteiger partial charge in [0.25, 0.3) is 0 Å². The zero-order chi connectivity index (χ0) is 19.5. The van der Waals surface area contributed by atoms with E-state index in [4.69, 9.17) is 21.7 Å². The van der Waals surface area contributed by atoms with Crippen molar-refractivity contribution in [3.05, 3.63) is 59.8 Å². The molecule has 0 saturated carbocycles. The van der Waals surface area contributed by atoms with Gasteiger partial charge in [0.1, 0.15) is 17.0 Å². The number of benzene rings is 2. The van der Waals surface area contributed by atoms with Crippen LogP contribution in [0.2, 0.25) is 0 Å². The van der Waals surface area contributed by atoms with Crippen LogP contribution in [0, 0.1) is 0 Å². The number of aryl methyl sites for hydroxylation is 1. The van der Waals surface area contributed by atoms with Crippen LogP contribution in [-0.2, 0) is 6.42 Å². The first kappa shape index (κ1) is 18.5. The fourth-order valence-electron chi connectivity index (χ4n) is 3.80. The van der Waals surface area contributed by atoms with E-state index in [-0.39, 0.29) is 6.04 Å². The van der Waals surface area contributed by atoms with E-state index in [0.29, 0.717) is 5.11 Å². The normalized spacial score (nSPS) is 15.6. The summed E-state index contributed by atoms with van der Waals surface area (Å²) >= 11 is 5.62. The Morgan fingerprint density at radius 2 is 2.04 bits per heavy atom. The Bertz CT molecular complexity index is 1020. The molecule has 0 bridgehead atoms. The third-order valence-electron chi connectivity index (χ3n) is 5.17. The Morgan fingerprint density at radius 3 is 2.86 bits per heavy atom. The lowest BCUT2D eigenvalue weighted by Gasteiger charge is -2.28. The summed E-state index contributed by atoms with van der Waals surface area (Å²) in [7, 11) is 3.35. The van der Waals surface area contributed by atoms with E-state index in [1.165, 1.54) is 11.1 Å². The van der Waals surface area contributed by atoms with Crippen LogP contribution < -0.4 is 20.1 Å². The average molecular weight is 394 g/mol. The predicted octanol–water partition coefficient (Wildman–Crippen LogP) is 4.62. The molecular weight excluding hydrogens is 370 g/mol. The molecule has 1 aliphatic carbocycles. The number of pyridine rings is 1. The van der Waals surface area contributed by atoms with E-state index in [0.717, 1.165) is 47.4 Å². The van der Waals surface area contributed by atoms with E-state index in [2.05, 4.69) is 27.8 Å². The second kappa shape index (κ2) is 8.02. The number of fused-ring (bicyclic) bond motifs is 2. The summed E-state index contributed by atoms with van der Waals surface area (Å²) in [6.07, 6.45) is 5.00. The molecule has 6 heteroatoms. The van der Waals surface area contributed by atoms with Crippen LogP contribution in [0.15, 0.2) is 48.7 Å². The van der Waals surface area contributed by atoms with E-state index in [9.17, 15) is 0 Å². The third-order valence-corrected chi connectivity index (χ3v) is 5.39. The molecule has 0 saturated heterocycles. The van der Waals surface area contributed by atoms with Gasteiger partial charge >= 0.3 is 0 Å². The molecule has 0 fully saturated rings. The minimum atomic E-state index is 0.192. The average Bonchev–Trinajstić information content (AvgIpc) is 2.73. The van der Waals surface area contributed by atoms with Gasteiger partial charge < -0.3 is 20.1 Å². The Hall–Kier alpha value is -2.86. The Kier molecular flexibility index (Phi) is 5.30. The van der Waals surface area contributed by atoms with Gasteiger partial charge in [-0.2, -0.15) is 0 Å². The Labute approximate surface area is 170 Å². The number of nitrogens with zero attached hydrogens (tertiary/aromatic N) is 1. The molecule has 144 valence electrons.